The van der Waals surface area contributed by atoms with Crippen LogP contribution in [0.25, 0.3) is 0 Å². The molecule has 0 saturated heterocycles. The highest BCUT2D eigenvalue weighted by molar-refractivity contribution is 5.99. The van der Waals surface area contributed by atoms with Crippen molar-refractivity contribution in [3.05, 3.63) is 77.5 Å². The number of rotatable bonds is 6. The lowest BCUT2D eigenvalue weighted by molar-refractivity contribution is -0.143. The van der Waals surface area contributed by atoms with Gasteiger partial charge in [0.2, 0.25) is 0 Å². The van der Waals surface area contributed by atoms with E-state index in [9.17, 15) is 9.59 Å². The molecule has 0 saturated carbocycles. The number of hydrogen-bond donors (Lipinski definition) is 0. The van der Waals surface area contributed by atoms with Crippen LogP contribution in [-0.2, 0) is 25.7 Å². The first-order valence-corrected chi connectivity index (χ1v) is 8.80. The molecule has 2 aromatic rings. The summed E-state index contributed by atoms with van der Waals surface area (Å²) in [7, 11) is 2.61. The number of esters is 2. The Balaban J connectivity index is 1.89. The van der Waals surface area contributed by atoms with E-state index in [0.717, 1.165) is 11.1 Å². The summed E-state index contributed by atoms with van der Waals surface area (Å²) in [5.41, 5.74) is 2.07. The Labute approximate surface area is 163 Å². The maximum atomic E-state index is 12.3. The van der Waals surface area contributed by atoms with Gasteiger partial charge in [-0.2, -0.15) is 0 Å². The van der Waals surface area contributed by atoms with Gasteiger partial charge >= 0.3 is 11.9 Å². The fourth-order valence-corrected chi connectivity index (χ4v) is 3.13. The zero-order chi connectivity index (χ0) is 19.9. The Morgan fingerprint density at radius 2 is 1.79 bits per heavy atom. The van der Waals surface area contributed by atoms with Gasteiger partial charge in [-0.25, -0.2) is 4.79 Å². The lowest BCUT2D eigenvalue weighted by atomic mass is 9.80. The van der Waals surface area contributed by atoms with Gasteiger partial charge in [-0.15, -0.1) is 0 Å². The Kier molecular flexibility index (Phi) is 6.22. The number of carbonyl (C=O) groups excluding carboxylic acids is 2. The highest BCUT2D eigenvalue weighted by Crippen LogP contribution is 2.36. The molecule has 3 rings (SSSR count). The van der Waals surface area contributed by atoms with Crippen LogP contribution in [0, 0.1) is 5.92 Å². The monoisotopic (exact) mass is 379 g/mol. The molecule has 1 aliphatic heterocycles. The van der Waals surface area contributed by atoms with Gasteiger partial charge < -0.3 is 14.2 Å². The van der Waals surface area contributed by atoms with E-state index >= 15 is 0 Å². The van der Waals surface area contributed by atoms with Crippen LogP contribution in [0.1, 0.15) is 17.0 Å². The molecule has 144 valence electrons. The van der Waals surface area contributed by atoms with E-state index < -0.39 is 23.8 Å². The standard InChI is InChI=1S/C22H21NO5/c1-26-21(24)18-12-23-13-19(22(25)27-2)20(18)16-9-6-10-17(11-16)28-14-15-7-4-3-5-8-15/h3-13,18,20H,14H2,1-2H3/t18?,20-/m1/s1. The molecule has 2 atom stereocenters. The molecule has 0 spiro atoms. The third kappa shape index (κ3) is 4.28. The summed E-state index contributed by atoms with van der Waals surface area (Å²) in [6, 6.07) is 17.1. The predicted octanol–water partition coefficient (Wildman–Crippen LogP) is 3.28. The third-order valence-electron chi connectivity index (χ3n) is 4.51. The summed E-state index contributed by atoms with van der Waals surface area (Å²) in [6.45, 7) is 0.413. The molecule has 1 heterocycles. The quantitative estimate of drug-likeness (QED) is 0.720. The van der Waals surface area contributed by atoms with E-state index in [0.29, 0.717) is 17.9 Å². The number of nitrogens with zero attached hydrogens (tertiary/aromatic N) is 1. The minimum Gasteiger partial charge on any atom is -0.489 e. The first-order valence-electron chi connectivity index (χ1n) is 8.80. The molecule has 0 bridgehead atoms. The Morgan fingerprint density at radius 1 is 1.00 bits per heavy atom. The minimum absolute atomic E-state index is 0.292. The lowest BCUT2D eigenvalue weighted by Crippen LogP contribution is -2.31. The number of methoxy groups -OCH3 is 2. The van der Waals surface area contributed by atoms with Crippen molar-refractivity contribution >= 4 is 18.2 Å². The molecule has 0 aromatic heterocycles. The van der Waals surface area contributed by atoms with Crippen LogP contribution in [-0.4, -0.2) is 32.4 Å². The van der Waals surface area contributed by atoms with E-state index in [4.69, 9.17) is 14.2 Å². The molecule has 0 radical (unpaired) electrons. The summed E-state index contributed by atoms with van der Waals surface area (Å²) in [5, 5.41) is 0. The molecule has 0 N–H and O–H groups in total. The first kappa shape index (κ1) is 19.4. The number of hydrogen-bond acceptors (Lipinski definition) is 6. The molecular formula is C22H21NO5. The van der Waals surface area contributed by atoms with E-state index in [1.807, 2.05) is 54.6 Å². The van der Waals surface area contributed by atoms with Crippen molar-refractivity contribution in [2.45, 2.75) is 12.5 Å². The summed E-state index contributed by atoms with van der Waals surface area (Å²) >= 11 is 0. The van der Waals surface area contributed by atoms with Crippen LogP contribution in [0.3, 0.4) is 0 Å². The Morgan fingerprint density at radius 3 is 2.50 bits per heavy atom. The van der Waals surface area contributed by atoms with Gasteiger partial charge in [0.15, 0.2) is 0 Å². The predicted molar refractivity (Wildman–Crippen MR) is 104 cm³/mol. The SMILES string of the molecule is COC(=O)C1=CN=CC(C(=O)OC)[C@H]1c1cccc(OCc2ccccc2)c1. The fraction of sp³-hybridized carbons (Fsp3) is 0.227. The van der Waals surface area contributed by atoms with Crippen molar-refractivity contribution in [3.63, 3.8) is 0 Å². The van der Waals surface area contributed by atoms with Crippen molar-refractivity contribution in [1.82, 2.24) is 0 Å². The molecular weight excluding hydrogens is 358 g/mol. The molecule has 0 amide bonds. The molecule has 1 unspecified atom stereocenters. The second-order valence-electron chi connectivity index (χ2n) is 6.25. The second kappa shape index (κ2) is 8.99. The van der Waals surface area contributed by atoms with E-state index in [1.165, 1.54) is 26.6 Å². The number of benzene rings is 2. The van der Waals surface area contributed by atoms with Crippen LogP contribution in [0.5, 0.6) is 5.75 Å². The highest BCUT2D eigenvalue weighted by atomic mass is 16.5. The topological polar surface area (TPSA) is 74.2 Å². The number of aliphatic imine (C=N–C) groups is 1. The average Bonchev–Trinajstić information content (AvgIpc) is 2.77. The third-order valence-corrected chi connectivity index (χ3v) is 4.51. The van der Waals surface area contributed by atoms with Gasteiger partial charge in [0.25, 0.3) is 0 Å². The van der Waals surface area contributed by atoms with Crippen molar-refractivity contribution in [2.75, 3.05) is 14.2 Å². The van der Waals surface area contributed by atoms with Crippen LogP contribution < -0.4 is 4.74 Å². The molecule has 28 heavy (non-hydrogen) atoms. The molecule has 6 heteroatoms. The Hall–Kier alpha value is -3.41. The summed E-state index contributed by atoms with van der Waals surface area (Å²) in [4.78, 5) is 28.6. The van der Waals surface area contributed by atoms with Crippen molar-refractivity contribution in [2.24, 2.45) is 10.9 Å². The van der Waals surface area contributed by atoms with Gasteiger partial charge in [-0.05, 0) is 23.3 Å². The van der Waals surface area contributed by atoms with Crippen LogP contribution in [0.2, 0.25) is 0 Å². The maximum absolute atomic E-state index is 12.3. The van der Waals surface area contributed by atoms with Gasteiger partial charge in [-0.1, -0.05) is 42.5 Å². The van der Waals surface area contributed by atoms with Gasteiger partial charge in [0, 0.05) is 18.3 Å². The number of carbonyl (C=O) groups is 2. The highest BCUT2D eigenvalue weighted by Gasteiger charge is 2.37. The molecule has 0 aliphatic carbocycles. The van der Waals surface area contributed by atoms with Gasteiger partial charge in [-0.3, -0.25) is 9.79 Å². The Bertz CT molecular complexity index is 904. The van der Waals surface area contributed by atoms with E-state index in [1.54, 1.807) is 0 Å². The van der Waals surface area contributed by atoms with Crippen molar-refractivity contribution < 1.29 is 23.8 Å². The first-order chi connectivity index (χ1) is 13.6. The number of ether oxygens (including phenoxy) is 3. The largest absolute Gasteiger partial charge is 0.489 e. The molecule has 2 aromatic carbocycles. The summed E-state index contributed by atoms with van der Waals surface area (Å²) in [6.07, 6.45) is 2.91. The van der Waals surface area contributed by atoms with Crippen molar-refractivity contribution in [1.29, 1.82) is 0 Å². The van der Waals surface area contributed by atoms with Gasteiger partial charge in [0.05, 0.1) is 19.8 Å². The zero-order valence-electron chi connectivity index (χ0n) is 15.7. The smallest absolute Gasteiger partial charge is 0.335 e. The average molecular weight is 379 g/mol. The molecule has 1 aliphatic rings. The van der Waals surface area contributed by atoms with Gasteiger partial charge in [0.1, 0.15) is 18.3 Å². The minimum atomic E-state index is -0.728. The second-order valence-corrected chi connectivity index (χ2v) is 6.25. The normalized spacial score (nSPS) is 18.1. The zero-order valence-corrected chi connectivity index (χ0v) is 15.7. The maximum Gasteiger partial charge on any atom is 0.335 e. The molecule has 0 fully saturated rings. The van der Waals surface area contributed by atoms with E-state index in [2.05, 4.69) is 4.99 Å². The van der Waals surface area contributed by atoms with Crippen LogP contribution in [0.4, 0.5) is 0 Å². The van der Waals surface area contributed by atoms with Crippen LogP contribution >= 0.6 is 0 Å². The van der Waals surface area contributed by atoms with Crippen molar-refractivity contribution in [3.8, 4) is 5.75 Å². The lowest BCUT2D eigenvalue weighted by Gasteiger charge is -2.26. The van der Waals surface area contributed by atoms with Crippen LogP contribution in [0.15, 0.2) is 71.4 Å². The summed E-state index contributed by atoms with van der Waals surface area (Å²) in [5.74, 6) is -1.67. The van der Waals surface area contributed by atoms with E-state index in [-0.39, 0.29) is 0 Å². The fourth-order valence-electron chi connectivity index (χ4n) is 3.13. The summed E-state index contributed by atoms with van der Waals surface area (Å²) < 4.78 is 15.7. The molecule has 6 nitrogen and oxygen atoms in total.